The van der Waals surface area contributed by atoms with E-state index in [9.17, 15) is 13.6 Å². The number of rotatable bonds is 5. The number of hydrogen-bond donors (Lipinski definition) is 2. The van der Waals surface area contributed by atoms with Crippen molar-refractivity contribution in [2.75, 3.05) is 11.1 Å². The van der Waals surface area contributed by atoms with Crippen LogP contribution in [-0.2, 0) is 4.79 Å². The topological polar surface area (TPSA) is 70.7 Å². The fourth-order valence-corrected chi connectivity index (χ4v) is 2.37. The molecule has 0 saturated heterocycles. The number of hydrogen-bond acceptors (Lipinski definition) is 4. The Bertz CT molecular complexity index is 672. The molecule has 1 aromatic heterocycles. The first-order valence-electron chi connectivity index (χ1n) is 6.42. The van der Waals surface area contributed by atoms with Crippen molar-refractivity contribution in [2.45, 2.75) is 23.9 Å². The van der Waals surface area contributed by atoms with Crippen molar-refractivity contribution in [3.05, 3.63) is 35.7 Å². The van der Waals surface area contributed by atoms with E-state index in [-0.39, 0.29) is 17.3 Å². The third-order valence-electron chi connectivity index (χ3n) is 2.98. The van der Waals surface area contributed by atoms with E-state index in [0.717, 1.165) is 30.8 Å². The van der Waals surface area contributed by atoms with Gasteiger partial charge in [0.2, 0.25) is 11.1 Å². The number of nitrogens with zero attached hydrogens (tertiary/aromatic N) is 2. The van der Waals surface area contributed by atoms with Gasteiger partial charge in [0.25, 0.3) is 0 Å². The van der Waals surface area contributed by atoms with Crippen molar-refractivity contribution in [1.82, 2.24) is 15.2 Å². The number of thioether (sulfide) groups is 1. The van der Waals surface area contributed by atoms with Crippen molar-refractivity contribution in [3.8, 4) is 0 Å². The summed E-state index contributed by atoms with van der Waals surface area (Å²) in [4.78, 5) is 16.0. The molecule has 0 unspecified atom stereocenters. The number of aromatic amines is 1. The summed E-state index contributed by atoms with van der Waals surface area (Å²) < 4.78 is 25.8. The summed E-state index contributed by atoms with van der Waals surface area (Å²) >= 11 is 1.19. The minimum atomic E-state index is -0.997. The van der Waals surface area contributed by atoms with E-state index in [0.29, 0.717) is 11.1 Å². The lowest BCUT2D eigenvalue weighted by molar-refractivity contribution is -0.113. The Balaban J connectivity index is 1.52. The molecule has 1 aliphatic carbocycles. The number of aromatic nitrogens is 3. The van der Waals surface area contributed by atoms with Crippen molar-refractivity contribution >= 4 is 23.4 Å². The van der Waals surface area contributed by atoms with E-state index >= 15 is 0 Å². The van der Waals surface area contributed by atoms with Gasteiger partial charge in [0, 0.05) is 17.7 Å². The number of amides is 1. The Morgan fingerprint density at radius 1 is 1.38 bits per heavy atom. The Morgan fingerprint density at radius 2 is 2.19 bits per heavy atom. The molecule has 0 atom stereocenters. The summed E-state index contributed by atoms with van der Waals surface area (Å²) in [6.45, 7) is 0. The van der Waals surface area contributed by atoms with E-state index in [1.165, 1.54) is 17.8 Å². The molecular formula is C13H12F2N4OS. The van der Waals surface area contributed by atoms with Gasteiger partial charge < -0.3 is 5.32 Å². The Labute approximate surface area is 123 Å². The number of carbonyl (C=O) groups excluding carboxylic acids is 1. The molecule has 0 aliphatic heterocycles. The summed E-state index contributed by atoms with van der Waals surface area (Å²) in [5.41, 5.74) is 0.216. The van der Waals surface area contributed by atoms with Crippen LogP contribution < -0.4 is 5.32 Å². The first-order chi connectivity index (χ1) is 10.1. The van der Waals surface area contributed by atoms with Crippen molar-refractivity contribution in [2.24, 2.45) is 0 Å². The molecular weight excluding hydrogens is 298 g/mol. The van der Waals surface area contributed by atoms with Crippen LogP contribution in [0.1, 0.15) is 24.6 Å². The minimum absolute atomic E-state index is 0.0982. The molecule has 3 rings (SSSR count). The Hall–Kier alpha value is -1.96. The number of H-pyrrole nitrogens is 1. The SMILES string of the molecule is O=C(CSc1n[nH]c(C2CC2)n1)Nc1ccc(F)c(F)c1. The third-order valence-corrected chi connectivity index (χ3v) is 3.83. The summed E-state index contributed by atoms with van der Waals surface area (Å²) in [5, 5.41) is 9.87. The average Bonchev–Trinajstić information content (AvgIpc) is 3.20. The predicted octanol–water partition coefficient (Wildman–Crippen LogP) is 2.69. The number of nitrogens with one attached hydrogen (secondary N) is 2. The van der Waals surface area contributed by atoms with Gasteiger partial charge in [-0.1, -0.05) is 11.8 Å². The predicted molar refractivity (Wildman–Crippen MR) is 74.1 cm³/mol. The number of benzene rings is 1. The van der Waals surface area contributed by atoms with E-state index < -0.39 is 11.6 Å². The zero-order valence-electron chi connectivity index (χ0n) is 10.9. The van der Waals surface area contributed by atoms with Crippen LogP contribution in [-0.4, -0.2) is 26.8 Å². The highest BCUT2D eigenvalue weighted by molar-refractivity contribution is 7.99. The largest absolute Gasteiger partial charge is 0.325 e. The molecule has 8 heteroatoms. The van der Waals surface area contributed by atoms with Gasteiger partial charge in [0.1, 0.15) is 5.82 Å². The summed E-state index contributed by atoms with van der Waals surface area (Å²) in [6, 6.07) is 3.21. The highest BCUT2D eigenvalue weighted by Crippen LogP contribution is 2.38. The minimum Gasteiger partial charge on any atom is -0.325 e. The first kappa shape index (κ1) is 14.0. The summed E-state index contributed by atoms with van der Waals surface area (Å²) in [7, 11) is 0. The molecule has 0 spiro atoms. The fourth-order valence-electron chi connectivity index (χ4n) is 1.76. The maximum atomic E-state index is 13.0. The van der Waals surface area contributed by atoms with Crippen LogP contribution in [0, 0.1) is 11.6 Å². The van der Waals surface area contributed by atoms with Crippen molar-refractivity contribution < 1.29 is 13.6 Å². The van der Waals surface area contributed by atoms with E-state index in [1.54, 1.807) is 0 Å². The first-order valence-corrected chi connectivity index (χ1v) is 7.40. The number of halogens is 2. The molecule has 21 heavy (non-hydrogen) atoms. The lowest BCUT2D eigenvalue weighted by atomic mass is 10.3. The molecule has 1 fully saturated rings. The molecule has 1 aromatic carbocycles. The van der Waals surface area contributed by atoms with E-state index in [1.807, 2.05) is 0 Å². The van der Waals surface area contributed by atoms with Gasteiger partial charge >= 0.3 is 0 Å². The molecule has 1 aliphatic rings. The molecule has 0 radical (unpaired) electrons. The van der Waals surface area contributed by atoms with Crippen LogP contribution in [0.15, 0.2) is 23.4 Å². The number of carbonyl (C=O) groups is 1. The summed E-state index contributed by atoms with van der Waals surface area (Å²) in [5.74, 6) is -0.842. The van der Waals surface area contributed by atoms with Gasteiger partial charge in [-0.2, -0.15) is 0 Å². The van der Waals surface area contributed by atoms with Crippen LogP contribution in [0.2, 0.25) is 0 Å². The van der Waals surface area contributed by atoms with E-state index in [2.05, 4.69) is 20.5 Å². The Morgan fingerprint density at radius 3 is 2.90 bits per heavy atom. The van der Waals surface area contributed by atoms with Crippen molar-refractivity contribution in [1.29, 1.82) is 0 Å². The molecule has 1 saturated carbocycles. The molecule has 5 nitrogen and oxygen atoms in total. The van der Waals surface area contributed by atoms with Gasteiger partial charge in [-0.05, 0) is 25.0 Å². The summed E-state index contributed by atoms with van der Waals surface area (Å²) in [6.07, 6.45) is 2.24. The fraction of sp³-hybridized carbons (Fsp3) is 0.308. The van der Waals surface area contributed by atoms with Gasteiger partial charge in [-0.3, -0.25) is 9.89 Å². The quantitative estimate of drug-likeness (QED) is 0.833. The zero-order valence-corrected chi connectivity index (χ0v) is 11.7. The van der Waals surface area contributed by atoms with Gasteiger partial charge in [-0.15, -0.1) is 5.10 Å². The third kappa shape index (κ3) is 3.57. The maximum absolute atomic E-state index is 13.0. The van der Waals surface area contributed by atoms with Gasteiger partial charge in [0.15, 0.2) is 11.6 Å². The van der Waals surface area contributed by atoms with Gasteiger partial charge in [0.05, 0.1) is 5.75 Å². The maximum Gasteiger partial charge on any atom is 0.234 e. The lowest BCUT2D eigenvalue weighted by Gasteiger charge is -2.04. The highest BCUT2D eigenvalue weighted by Gasteiger charge is 2.27. The van der Waals surface area contributed by atoms with E-state index in [4.69, 9.17) is 0 Å². The second-order valence-electron chi connectivity index (χ2n) is 4.74. The zero-order chi connectivity index (χ0) is 14.8. The molecule has 2 aromatic rings. The van der Waals surface area contributed by atoms with Crippen LogP contribution in [0.25, 0.3) is 0 Å². The second kappa shape index (κ2) is 5.80. The van der Waals surface area contributed by atoms with Crippen molar-refractivity contribution in [3.63, 3.8) is 0 Å². The van der Waals surface area contributed by atoms with Crippen LogP contribution >= 0.6 is 11.8 Å². The molecule has 1 heterocycles. The number of anilines is 1. The average molecular weight is 310 g/mol. The van der Waals surface area contributed by atoms with Crippen LogP contribution in [0.5, 0.6) is 0 Å². The molecule has 0 bridgehead atoms. The normalized spacial score (nSPS) is 14.2. The lowest BCUT2D eigenvalue weighted by Crippen LogP contribution is -2.14. The van der Waals surface area contributed by atoms with Gasteiger partial charge in [-0.25, -0.2) is 13.8 Å². The molecule has 1 amide bonds. The molecule has 2 N–H and O–H groups in total. The second-order valence-corrected chi connectivity index (χ2v) is 5.69. The smallest absolute Gasteiger partial charge is 0.234 e. The Kier molecular flexibility index (Phi) is 3.87. The van der Waals surface area contributed by atoms with Crippen LogP contribution in [0.4, 0.5) is 14.5 Å². The monoisotopic (exact) mass is 310 g/mol. The molecule has 110 valence electrons. The highest BCUT2D eigenvalue weighted by atomic mass is 32.2. The standard InChI is InChI=1S/C13H12F2N4OS/c14-9-4-3-8(5-10(9)15)16-11(20)6-21-13-17-12(18-19-13)7-1-2-7/h3-5,7H,1-2,6H2,(H,16,20)(H,17,18,19). The van der Waals surface area contributed by atoms with Crippen LogP contribution in [0.3, 0.4) is 0 Å².